The highest BCUT2D eigenvalue weighted by Gasteiger charge is 2.19. The Morgan fingerprint density at radius 1 is 0.274 bits per heavy atom. The van der Waals surface area contributed by atoms with Crippen LogP contribution in [0.4, 0.5) is 0 Å². The molecule has 1 unspecified atom stereocenters. The van der Waals surface area contributed by atoms with Gasteiger partial charge in [-0.2, -0.15) is 0 Å². The van der Waals surface area contributed by atoms with Crippen molar-refractivity contribution in [2.24, 2.45) is 0 Å². The molecule has 0 spiro atoms. The molecular weight excluding hydrogens is 901 g/mol. The first-order valence-corrected chi connectivity index (χ1v) is 28.6. The van der Waals surface area contributed by atoms with Crippen molar-refractivity contribution in [1.29, 1.82) is 0 Å². The first kappa shape index (κ1) is 67.8. The standard InChI is InChI=1S/C67H102O6/c1-4-7-10-13-16-19-22-25-27-29-31-33-35-37-39-42-45-48-51-54-57-60-66(69)72-63-64(62-71-65(68)59-56-53-50-47-44-41-24-21-18-15-12-9-6-3)73-67(70)61-58-55-52-49-46-43-40-38-36-34-32-30-28-26-23-20-17-14-11-8-5-2/h7-12,16-21,25-28,31-34,37,39,41,44-45,48,50,53,64H,4-6,13-15,22-24,29-30,35-36,38,40,42-43,46-47,49,51-52,54-63H2,1-3H3/b10-7-,11-8-,12-9-,19-16-,20-17-,21-18-,27-25-,28-26-,33-31-,34-32-,39-37-,44-41-,48-45-,53-50-. The Hall–Kier alpha value is -5.23. The number of carbonyl (C=O) groups excluding carboxylic acids is 3. The largest absolute Gasteiger partial charge is 0.462 e. The van der Waals surface area contributed by atoms with E-state index in [1.54, 1.807) is 0 Å². The number of allylic oxidation sites excluding steroid dienone is 28. The van der Waals surface area contributed by atoms with Crippen LogP contribution in [-0.4, -0.2) is 37.2 Å². The van der Waals surface area contributed by atoms with E-state index in [1.165, 1.54) is 25.7 Å². The summed E-state index contributed by atoms with van der Waals surface area (Å²) >= 11 is 0. The second-order valence-electron chi connectivity index (χ2n) is 18.0. The summed E-state index contributed by atoms with van der Waals surface area (Å²) in [6.07, 6.45) is 87.9. The van der Waals surface area contributed by atoms with Crippen LogP contribution in [0, 0.1) is 0 Å². The van der Waals surface area contributed by atoms with Crippen molar-refractivity contribution in [2.45, 2.75) is 219 Å². The summed E-state index contributed by atoms with van der Waals surface area (Å²) < 4.78 is 16.7. The van der Waals surface area contributed by atoms with Crippen LogP contribution in [-0.2, 0) is 28.6 Å². The molecule has 406 valence electrons. The molecule has 73 heavy (non-hydrogen) atoms. The van der Waals surface area contributed by atoms with Crippen LogP contribution in [0.3, 0.4) is 0 Å². The minimum atomic E-state index is -0.839. The molecule has 0 aliphatic rings. The van der Waals surface area contributed by atoms with E-state index >= 15 is 0 Å². The Labute approximate surface area is 447 Å². The van der Waals surface area contributed by atoms with Crippen molar-refractivity contribution in [3.63, 3.8) is 0 Å². The van der Waals surface area contributed by atoms with E-state index in [9.17, 15) is 14.4 Å². The van der Waals surface area contributed by atoms with Crippen molar-refractivity contribution in [3.8, 4) is 0 Å². The van der Waals surface area contributed by atoms with Crippen molar-refractivity contribution < 1.29 is 28.6 Å². The maximum atomic E-state index is 12.9. The van der Waals surface area contributed by atoms with Crippen molar-refractivity contribution in [3.05, 3.63) is 170 Å². The van der Waals surface area contributed by atoms with Crippen molar-refractivity contribution in [2.75, 3.05) is 13.2 Å². The zero-order chi connectivity index (χ0) is 52.9. The van der Waals surface area contributed by atoms with Crippen molar-refractivity contribution >= 4 is 17.9 Å². The minimum absolute atomic E-state index is 0.135. The topological polar surface area (TPSA) is 78.9 Å². The van der Waals surface area contributed by atoms with Crippen LogP contribution < -0.4 is 0 Å². The Morgan fingerprint density at radius 3 is 0.877 bits per heavy atom. The molecule has 0 saturated carbocycles. The highest BCUT2D eigenvalue weighted by Crippen LogP contribution is 2.13. The number of hydrogen-bond donors (Lipinski definition) is 0. The second kappa shape index (κ2) is 59.3. The lowest BCUT2D eigenvalue weighted by atomic mass is 10.1. The van der Waals surface area contributed by atoms with Crippen LogP contribution in [0.5, 0.6) is 0 Å². The lowest BCUT2D eigenvalue weighted by molar-refractivity contribution is -0.166. The maximum absolute atomic E-state index is 12.9. The summed E-state index contributed by atoms with van der Waals surface area (Å²) in [5.41, 5.74) is 0. The number of unbranched alkanes of at least 4 members (excludes halogenated alkanes) is 10. The third-order valence-corrected chi connectivity index (χ3v) is 11.2. The van der Waals surface area contributed by atoms with Gasteiger partial charge >= 0.3 is 17.9 Å². The Balaban J connectivity index is 4.55. The minimum Gasteiger partial charge on any atom is -0.462 e. The summed E-state index contributed by atoms with van der Waals surface area (Å²) in [4.78, 5) is 38.1. The molecule has 0 fully saturated rings. The average Bonchev–Trinajstić information content (AvgIpc) is 3.39. The summed E-state index contributed by atoms with van der Waals surface area (Å²) in [7, 11) is 0. The molecule has 0 N–H and O–H groups in total. The predicted octanol–water partition coefficient (Wildman–Crippen LogP) is 19.5. The molecule has 0 saturated heterocycles. The van der Waals surface area contributed by atoms with Gasteiger partial charge in [-0.15, -0.1) is 0 Å². The zero-order valence-electron chi connectivity index (χ0n) is 46.3. The fourth-order valence-corrected chi connectivity index (χ4v) is 7.04. The summed E-state index contributed by atoms with van der Waals surface area (Å²) in [6.45, 7) is 6.17. The second-order valence-corrected chi connectivity index (χ2v) is 18.0. The van der Waals surface area contributed by atoms with Gasteiger partial charge in [-0.25, -0.2) is 0 Å². The Kier molecular flexibility index (Phi) is 55.1. The van der Waals surface area contributed by atoms with E-state index < -0.39 is 6.10 Å². The molecule has 0 bridgehead atoms. The molecule has 0 aromatic carbocycles. The maximum Gasteiger partial charge on any atom is 0.306 e. The predicted molar refractivity (Wildman–Crippen MR) is 315 cm³/mol. The highest BCUT2D eigenvalue weighted by atomic mass is 16.6. The fourth-order valence-electron chi connectivity index (χ4n) is 7.04. The van der Waals surface area contributed by atoms with Crippen LogP contribution in [0.15, 0.2) is 170 Å². The molecule has 0 aliphatic heterocycles. The first-order chi connectivity index (χ1) is 36.0. The van der Waals surface area contributed by atoms with Gasteiger partial charge in [0.15, 0.2) is 6.10 Å². The number of esters is 3. The first-order valence-electron chi connectivity index (χ1n) is 28.6. The van der Waals surface area contributed by atoms with E-state index in [1.807, 2.05) is 12.2 Å². The molecule has 0 rings (SSSR count). The van der Waals surface area contributed by atoms with Crippen LogP contribution in [0.2, 0.25) is 0 Å². The number of hydrogen-bond acceptors (Lipinski definition) is 6. The molecule has 0 aliphatic carbocycles. The van der Waals surface area contributed by atoms with Gasteiger partial charge in [0.2, 0.25) is 0 Å². The van der Waals surface area contributed by atoms with Gasteiger partial charge in [-0.3, -0.25) is 14.4 Å². The third kappa shape index (κ3) is 57.5. The monoisotopic (exact) mass is 1000 g/mol. The van der Waals surface area contributed by atoms with E-state index in [0.717, 1.165) is 135 Å². The Morgan fingerprint density at radius 2 is 0.521 bits per heavy atom. The smallest absolute Gasteiger partial charge is 0.306 e. The number of carbonyl (C=O) groups is 3. The number of rotatable bonds is 49. The molecule has 0 heterocycles. The van der Waals surface area contributed by atoms with Crippen LogP contribution >= 0.6 is 0 Å². The van der Waals surface area contributed by atoms with Crippen LogP contribution in [0.1, 0.15) is 213 Å². The third-order valence-electron chi connectivity index (χ3n) is 11.2. The summed E-state index contributed by atoms with van der Waals surface area (Å²) in [5.74, 6) is -1.08. The van der Waals surface area contributed by atoms with Gasteiger partial charge in [0.1, 0.15) is 13.2 Å². The molecule has 6 nitrogen and oxygen atoms in total. The molecule has 0 radical (unpaired) electrons. The van der Waals surface area contributed by atoms with Crippen molar-refractivity contribution in [1.82, 2.24) is 0 Å². The highest BCUT2D eigenvalue weighted by molar-refractivity contribution is 5.71. The van der Waals surface area contributed by atoms with Gasteiger partial charge in [0, 0.05) is 19.3 Å². The van der Waals surface area contributed by atoms with Crippen LogP contribution in [0.25, 0.3) is 0 Å². The van der Waals surface area contributed by atoms with Gasteiger partial charge in [0.05, 0.1) is 0 Å². The molecular formula is C67H102O6. The van der Waals surface area contributed by atoms with E-state index in [4.69, 9.17) is 14.2 Å². The molecule has 1 atom stereocenters. The SMILES string of the molecule is CC/C=C\C/C=C\C/C=C\C/C=C\C/C=C\C/C=C\CCCCC(=O)OCC(COC(=O)CC/C=C\C/C=C\C/C=C\C/C=C\CC)OC(=O)CCCCCCCCCC/C=C\C/C=C\C/C=C\C/C=C\CC. The molecule has 0 amide bonds. The van der Waals surface area contributed by atoms with E-state index in [0.29, 0.717) is 12.8 Å². The van der Waals surface area contributed by atoms with Gasteiger partial charge < -0.3 is 14.2 Å². The van der Waals surface area contributed by atoms with E-state index in [2.05, 4.69) is 179 Å². The molecule has 0 aromatic heterocycles. The summed E-state index contributed by atoms with van der Waals surface area (Å²) in [5, 5.41) is 0. The Bertz CT molecular complexity index is 1720. The fraction of sp³-hybridized carbons (Fsp3) is 0.537. The van der Waals surface area contributed by atoms with Gasteiger partial charge in [0.25, 0.3) is 0 Å². The number of ether oxygens (including phenoxy) is 3. The summed E-state index contributed by atoms with van der Waals surface area (Å²) in [6, 6.07) is 0. The zero-order valence-corrected chi connectivity index (χ0v) is 46.3. The quantitative estimate of drug-likeness (QED) is 0.0261. The lowest BCUT2D eigenvalue weighted by Crippen LogP contribution is -2.30. The average molecular weight is 1000 g/mol. The van der Waals surface area contributed by atoms with Gasteiger partial charge in [-0.1, -0.05) is 229 Å². The molecule has 0 aromatic rings. The molecule has 6 heteroatoms. The van der Waals surface area contributed by atoms with E-state index in [-0.39, 0.29) is 50.4 Å². The van der Waals surface area contributed by atoms with Gasteiger partial charge in [-0.05, 0) is 135 Å². The lowest BCUT2D eigenvalue weighted by Gasteiger charge is -2.18. The normalized spacial score (nSPS) is 13.4.